The van der Waals surface area contributed by atoms with Gasteiger partial charge in [-0.15, -0.1) is 0 Å². The minimum Gasteiger partial charge on any atom is -0.444 e. The number of piperidine rings is 1. The van der Waals surface area contributed by atoms with Gasteiger partial charge < -0.3 is 19.9 Å². The molecule has 2 atom stereocenters. The van der Waals surface area contributed by atoms with Crippen LogP contribution in [0.25, 0.3) is 0 Å². The second-order valence-electron chi connectivity index (χ2n) is 8.54. The molecule has 0 unspecified atom stereocenters. The lowest BCUT2D eigenvalue weighted by Gasteiger charge is -2.35. The highest BCUT2D eigenvalue weighted by Gasteiger charge is 2.35. The minimum absolute atomic E-state index is 0.0309. The molecule has 0 bridgehead atoms. The van der Waals surface area contributed by atoms with Gasteiger partial charge in [0, 0.05) is 44.6 Å². The van der Waals surface area contributed by atoms with Gasteiger partial charge in [0.1, 0.15) is 5.60 Å². The van der Waals surface area contributed by atoms with Gasteiger partial charge in [0.2, 0.25) is 11.9 Å². The van der Waals surface area contributed by atoms with Gasteiger partial charge in [-0.05, 0) is 52.5 Å². The molecule has 8 heteroatoms. The summed E-state index contributed by atoms with van der Waals surface area (Å²) in [4.78, 5) is 37.8. The lowest BCUT2D eigenvalue weighted by molar-refractivity contribution is -0.136. The molecule has 28 heavy (non-hydrogen) atoms. The fraction of sp³-hybridized carbons (Fsp3) is 0.700. The van der Waals surface area contributed by atoms with Crippen molar-refractivity contribution in [2.45, 2.75) is 58.1 Å². The van der Waals surface area contributed by atoms with Gasteiger partial charge in [-0.1, -0.05) is 0 Å². The number of hydrogen-bond donors (Lipinski definition) is 1. The number of nitrogens with zero attached hydrogens (tertiary/aromatic N) is 4. The van der Waals surface area contributed by atoms with Crippen LogP contribution in [-0.2, 0) is 9.53 Å². The molecule has 2 amide bonds. The number of amides is 2. The largest absolute Gasteiger partial charge is 0.444 e. The Morgan fingerprint density at radius 1 is 1.18 bits per heavy atom. The van der Waals surface area contributed by atoms with E-state index in [9.17, 15) is 9.59 Å². The Bertz CT molecular complexity index is 676. The first-order chi connectivity index (χ1) is 13.3. The first-order valence-corrected chi connectivity index (χ1v) is 10.1. The molecule has 0 saturated carbocycles. The van der Waals surface area contributed by atoms with Crippen molar-refractivity contribution in [3.63, 3.8) is 0 Å². The number of aromatic nitrogens is 2. The fourth-order valence-electron chi connectivity index (χ4n) is 3.90. The third-order valence-electron chi connectivity index (χ3n) is 5.15. The van der Waals surface area contributed by atoms with E-state index in [1.54, 1.807) is 18.5 Å². The van der Waals surface area contributed by atoms with Gasteiger partial charge >= 0.3 is 6.09 Å². The van der Waals surface area contributed by atoms with Crippen molar-refractivity contribution in [1.29, 1.82) is 0 Å². The molecule has 0 spiro atoms. The lowest BCUT2D eigenvalue weighted by atomic mass is 9.96. The number of likely N-dealkylation sites (tertiary alicyclic amines) is 1. The zero-order valence-corrected chi connectivity index (χ0v) is 17.1. The van der Waals surface area contributed by atoms with Crippen LogP contribution in [0.1, 0.15) is 46.5 Å². The average molecular weight is 390 g/mol. The number of hydrogen-bond acceptors (Lipinski definition) is 6. The fourth-order valence-corrected chi connectivity index (χ4v) is 3.90. The van der Waals surface area contributed by atoms with Crippen LogP contribution in [0.3, 0.4) is 0 Å². The summed E-state index contributed by atoms with van der Waals surface area (Å²) in [7, 11) is 0. The van der Waals surface area contributed by atoms with Crippen molar-refractivity contribution in [3.05, 3.63) is 18.5 Å². The van der Waals surface area contributed by atoms with Crippen LogP contribution >= 0.6 is 0 Å². The normalized spacial score (nSPS) is 22.8. The molecule has 2 aliphatic rings. The van der Waals surface area contributed by atoms with E-state index in [1.807, 2.05) is 25.7 Å². The SMILES string of the molecule is CC(C)(C)OC(=O)NC[C@H]1CCCN1C(=O)[C@H]1CCCN(c2ncccn2)C1. The Balaban J connectivity index is 1.56. The molecule has 2 fully saturated rings. The summed E-state index contributed by atoms with van der Waals surface area (Å²) in [6.45, 7) is 8.20. The molecular formula is C20H31N5O3. The van der Waals surface area contributed by atoms with Gasteiger partial charge in [0.15, 0.2) is 0 Å². The van der Waals surface area contributed by atoms with Crippen LogP contribution in [0.4, 0.5) is 10.7 Å². The van der Waals surface area contributed by atoms with Crippen molar-refractivity contribution >= 4 is 17.9 Å². The summed E-state index contributed by atoms with van der Waals surface area (Å²) in [5, 5.41) is 2.82. The predicted octanol–water partition coefficient (Wildman–Crippen LogP) is 2.21. The van der Waals surface area contributed by atoms with E-state index in [-0.39, 0.29) is 17.9 Å². The number of rotatable bonds is 4. The Kier molecular flexibility index (Phi) is 6.36. The molecule has 2 saturated heterocycles. The highest BCUT2D eigenvalue weighted by atomic mass is 16.6. The van der Waals surface area contributed by atoms with Gasteiger partial charge in [0.05, 0.1) is 5.92 Å². The lowest BCUT2D eigenvalue weighted by Crippen LogP contribution is -2.49. The monoisotopic (exact) mass is 389 g/mol. The predicted molar refractivity (Wildman–Crippen MR) is 106 cm³/mol. The Morgan fingerprint density at radius 2 is 1.89 bits per heavy atom. The van der Waals surface area contributed by atoms with Crippen molar-refractivity contribution in [3.8, 4) is 0 Å². The van der Waals surface area contributed by atoms with Gasteiger partial charge in [-0.3, -0.25) is 4.79 Å². The maximum absolute atomic E-state index is 13.2. The summed E-state index contributed by atoms with van der Waals surface area (Å²) in [6, 6.07) is 1.83. The Morgan fingerprint density at radius 3 is 2.61 bits per heavy atom. The summed E-state index contributed by atoms with van der Waals surface area (Å²) in [5.74, 6) is 0.804. The summed E-state index contributed by atoms with van der Waals surface area (Å²) < 4.78 is 5.30. The van der Waals surface area contributed by atoms with Crippen LogP contribution < -0.4 is 10.2 Å². The Hall–Kier alpha value is -2.38. The standard InChI is InChI=1S/C20H31N5O3/c1-20(2,3)28-19(27)23-13-16-8-5-12-25(16)17(26)15-7-4-11-24(14-15)18-21-9-6-10-22-18/h6,9-10,15-16H,4-5,7-8,11-14H2,1-3H3,(H,23,27)/t15-,16+/m0/s1. The van der Waals surface area contributed by atoms with E-state index in [4.69, 9.17) is 4.74 Å². The molecule has 3 heterocycles. The quantitative estimate of drug-likeness (QED) is 0.849. The van der Waals surface area contributed by atoms with Crippen LogP contribution in [0.2, 0.25) is 0 Å². The first-order valence-electron chi connectivity index (χ1n) is 10.1. The number of anilines is 1. The smallest absolute Gasteiger partial charge is 0.407 e. The van der Waals surface area contributed by atoms with E-state index >= 15 is 0 Å². The van der Waals surface area contributed by atoms with Crippen LogP contribution in [0, 0.1) is 5.92 Å². The third kappa shape index (κ3) is 5.33. The second kappa shape index (κ2) is 8.75. The van der Waals surface area contributed by atoms with E-state index in [0.29, 0.717) is 19.0 Å². The van der Waals surface area contributed by atoms with E-state index < -0.39 is 11.7 Å². The van der Waals surface area contributed by atoms with E-state index in [2.05, 4.69) is 20.2 Å². The molecule has 1 aromatic rings. The van der Waals surface area contributed by atoms with Gasteiger partial charge in [-0.25, -0.2) is 14.8 Å². The zero-order chi connectivity index (χ0) is 20.1. The molecule has 154 valence electrons. The molecule has 3 rings (SSSR count). The molecule has 0 aliphatic carbocycles. The third-order valence-corrected chi connectivity index (χ3v) is 5.15. The van der Waals surface area contributed by atoms with Gasteiger partial charge in [0.25, 0.3) is 0 Å². The van der Waals surface area contributed by atoms with Crippen LogP contribution in [0.15, 0.2) is 18.5 Å². The summed E-state index contributed by atoms with van der Waals surface area (Å²) >= 11 is 0. The minimum atomic E-state index is -0.527. The molecule has 1 N–H and O–H groups in total. The topological polar surface area (TPSA) is 87.7 Å². The number of nitrogens with one attached hydrogen (secondary N) is 1. The molecule has 8 nitrogen and oxygen atoms in total. The average Bonchev–Trinajstić information content (AvgIpc) is 3.14. The number of carbonyl (C=O) groups excluding carboxylic acids is 2. The summed E-state index contributed by atoms with van der Waals surface area (Å²) in [6.07, 6.45) is 6.72. The number of alkyl carbamates (subject to hydrolysis) is 1. The van der Waals surface area contributed by atoms with E-state index in [1.165, 1.54) is 0 Å². The van der Waals surface area contributed by atoms with Crippen molar-refractivity contribution in [2.75, 3.05) is 31.1 Å². The van der Waals surface area contributed by atoms with Crippen LogP contribution in [-0.4, -0.2) is 64.7 Å². The highest BCUT2D eigenvalue weighted by Crippen LogP contribution is 2.26. The maximum Gasteiger partial charge on any atom is 0.407 e. The molecule has 0 aromatic carbocycles. The maximum atomic E-state index is 13.2. The van der Waals surface area contributed by atoms with E-state index in [0.717, 1.165) is 38.8 Å². The Labute approximate surface area is 166 Å². The molecular weight excluding hydrogens is 358 g/mol. The summed E-state index contributed by atoms with van der Waals surface area (Å²) in [5.41, 5.74) is -0.527. The van der Waals surface area contributed by atoms with Crippen molar-refractivity contribution < 1.29 is 14.3 Å². The first kappa shape index (κ1) is 20.4. The highest BCUT2D eigenvalue weighted by molar-refractivity contribution is 5.80. The number of ether oxygens (including phenoxy) is 1. The molecule has 2 aliphatic heterocycles. The number of carbonyl (C=O) groups is 2. The second-order valence-corrected chi connectivity index (χ2v) is 8.54. The van der Waals surface area contributed by atoms with Crippen molar-refractivity contribution in [2.24, 2.45) is 5.92 Å². The molecule has 1 aromatic heterocycles. The van der Waals surface area contributed by atoms with Crippen LogP contribution in [0.5, 0.6) is 0 Å². The molecule has 0 radical (unpaired) electrons. The zero-order valence-electron chi connectivity index (χ0n) is 17.1. The van der Waals surface area contributed by atoms with Gasteiger partial charge in [-0.2, -0.15) is 0 Å². The van der Waals surface area contributed by atoms with Crippen molar-refractivity contribution in [1.82, 2.24) is 20.2 Å².